The van der Waals surface area contributed by atoms with Gasteiger partial charge in [-0.2, -0.15) is 0 Å². The van der Waals surface area contributed by atoms with Gasteiger partial charge in [-0.3, -0.25) is 4.79 Å². The SMILES string of the molecule is CN(C)c1ccc(C(N)=O)cc1OC1CC1. The molecule has 1 saturated carbocycles. The third-order valence-corrected chi connectivity index (χ3v) is 2.54. The molecular formula is C12H16N2O2. The van der Waals surface area contributed by atoms with Crippen LogP contribution in [0.25, 0.3) is 0 Å². The Kier molecular flexibility index (Phi) is 2.73. The summed E-state index contributed by atoms with van der Waals surface area (Å²) < 4.78 is 5.76. The minimum Gasteiger partial charge on any atom is -0.488 e. The number of anilines is 1. The highest BCUT2D eigenvalue weighted by atomic mass is 16.5. The summed E-state index contributed by atoms with van der Waals surface area (Å²) in [6.45, 7) is 0. The van der Waals surface area contributed by atoms with Gasteiger partial charge in [0.15, 0.2) is 0 Å². The van der Waals surface area contributed by atoms with Crippen molar-refractivity contribution >= 4 is 11.6 Å². The zero-order chi connectivity index (χ0) is 11.7. The summed E-state index contributed by atoms with van der Waals surface area (Å²) in [5.41, 5.74) is 6.70. The van der Waals surface area contributed by atoms with E-state index in [-0.39, 0.29) is 0 Å². The fraction of sp³-hybridized carbons (Fsp3) is 0.417. The van der Waals surface area contributed by atoms with E-state index in [1.54, 1.807) is 12.1 Å². The number of primary amides is 1. The van der Waals surface area contributed by atoms with Crippen molar-refractivity contribution in [2.45, 2.75) is 18.9 Å². The van der Waals surface area contributed by atoms with Crippen LogP contribution in [-0.2, 0) is 0 Å². The maximum Gasteiger partial charge on any atom is 0.248 e. The summed E-state index contributed by atoms with van der Waals surface area (Å²) in [7, 11) is 3.89. The van der Waals surface area contributed by atoms with Crippen LogP contribution >= 0.6 is 0 Å². The average Bonchev–Trinajstić information content (AvgIpc) is 3.01. The lowest BCUT2D eigenvalue weighted by Gasteiger charge is -2.18. The quantitative estimate of drug-likeness (QED) is 0.834. The molecule has 1 aliphatic carbocycles. The predicted molar refractivity (Wildman–Crippen MR) is 62.9 cm³/mol. The number of benzene rings is 1. The molecule has 0 aliphatic heterocycles. The standard InChI is InChI=1S/C12H16N2O2/c1-14(2)10-6-3-8(12(13)15)7-11(10)16-9-4-5-9/h3,6-7,9H,4-5H2,1-2H3,(H2,13,15). The number of amides is 1. The summed E-state index contributed by atoms with van der Waals surface area (Å²) in [5, 5.41) is 0. The fourth-order valence-electron chi connectivity index (χ4n) is 1.50. The van der Waals surface area contributed by atoms with Gasteiger partial charge in [-0.15, -0.1) is 0 Å². The molecule has 16 heavy (non-hydrogen) atoms. The molecular weight excluding hydrogens is 204 g/mol. The summed E-state index contributed by atoms with van der Waals surface area (Å²) in [6.07, 6.45) is 2.49. The Bertz CT molecular complexity index is 411. The van der Waals surface area contributed by atoms with E-state index < -0.39 is 5.91 Å². The van der Waals surface area contributed by atoms with E-state index in [1.165, 1.54) is 0 Å². The van der Waals surface area contributed by atoms with Gasteiger partial charge in [0.1, 0.15) is 5.75 Å². The van der Waals surface area contributed by atoms with Gasteiger partial charge in [-0.25, -0.2) is 0 Å². The third-order valence-electron chi connectivity index (χ3n) is 2.54. The van der Waals surface area contributed by atoms with Crippen LogP contribution in [0.2, 0.25) is 0 Å². The number of carbonyl (C=O) groups is 1. The van der Waals surface area contributed by atoms with Gasteiger partial charge in [0, 0.05) is 19.7 Å². The highest BCUT2D eigenvalue weighted by Gasteiger charge is 2.25. The Balaban J connectivity index is 2.33. The number of rotatable bonds is 4. The Morgan fingerprint density at radius 2 is 2.12 bits per heavy atom. The lowest BCUT2D eigenvalue weighted by molar-refractivity contribution is 0.1000. The van der Waals surface area contributed by atoms with E-state index in [0.29, 0.717) is 11.7 Å². The molecule has 2 N–H and O–H groups in total. The van der Waals surface area contributed by atoms with Gasteiger partial charge in [0.2, 0.25) is 5.91 Å². The van der Waals surface area contributed by atoms with Crippen LogP contribution in [0.3, 0.4) is 0 Å². The molecule has 0 aromatic heterocycles. The van der Waals surface area contributed by atoms with E-state index in [2.05, 4.69) is 0 Å². The maximum atomic E-state index is 11.1. The van der Waals surface area contributed by atoms with Crippen LogP contribution in [0.5, 0.6) is 5.75 Å². The molecule has 0 atom stereocenters. The van der Waals surface area contributed by atoms with Crippen LogP contribution < -0.4 is 15.4 Å². The summed E-state index contributed by atoms with van der Waals surface area (Å²) in [5.74, 6) is 0.315. The molecule has 1 aliphatic rings. The maximum absolute atomic E-state index is 11.1. The van der Waals surface area contributed by atoms with E-state index in [1.807, 2.05) is 25.1 Å². The highest BCUT2D eigenvalue weighted by molar-refractivity contribution is 5.94. The third kappa shape index (κ3) is 2.27. The highest BCUT2D eigenvalue weighted by Crippen LogP contribution is 2.34. The van der Waals surface area contributed by atoms with Crippen molar-refractivity contribution in [2.75, 3.05) is 19.0 Å². The van der Waals surface area contributed by atoms with Gasteiger partial charge in [-0.05, 0) is 31.0 Å². The molecule has 1 fully saturated rings. The van der Waals surface area contributed by atoms with Crippen molar-refractivity contribution < 1.29 is 9.53 Å². The van der Waals surface area contributed by atoms with E-state index in [4.69, 9.17) is 10.5 Å². The molecule has 1 aromatic rings. The average molecular weight is 220 g/mol. The van der Waals surface area contributed by atoms with Crippen molar-refractivity contribution in [1.29, 1.82) is 0 Å². The Labute approximate surface area is 95.0 Å². The molecule has 86 valence electrons. The first kappa shape index (κ1) is 10.8. The van der Waals surface area contributed by atoms with Gasteiger partial charge >= 0.3 is 0 Å². The zero-order valence-corrected chi connectivity index (χ0v) is 9.56. The van der Waals surface area contributed by atoms with Crippen molar-refractivity contribution in [2.24, 2.45) is 5.73 Å². The molecule has 0 radical (unpaired) electrons. The zero-order valence-electron chi connectivity index (χ0n) is 9.56. The van der Waals surface area contributed by atoms with Crippen molar-refractivity contribution in [3.63, 3.8) is 0 Å². The molecule has 4 nitrogen and oxygen atoms in total. The van der Waals surface area contributed by atoms with Crippen LogP contribution in [0.15, 0.2) is 18.2 Å². The minimum absolute atomic E-state index is 0.307. The molecule has 2 rings (SSSR count). The normalized spacial score (nSPS) is 14.6. The van der Waals surface area contributed by atoms with Gasteiger partial charge < -0.3 is 15.4 Å². The molecule has 0 bridgehead atoms. The summed E-state index contributed by atoms with van der Waals surface area (Å²) >= 11 is 0. The second kappa shape index (κ2) is 4.04. The lowest BCUT2D eigenvalue weighted by atomic mass is 10.1. The Hall–Kier alpha value is -1.71. The molecule has 1 aromatic carbocycles. The lowest BCUT2D eigenvalue weighted by Crippen LogP contribution is -2.14. The molecule has 4 heteroatoms. The molecule has 0 spiro atoms. The van der Waals surface area contributed by atoms with Gasteiger partial charge in [0.25, 0.3) is 0 Å². The Morgan fingerprint density at radius 1 is 1.44 bits per heavy atom. The smallest absolute Gasteiger partial charge is 0.248 e. The number of nitrogens with two attached hydrogens (primary N) is 1. The number of carbonyl (C=O) groups excluding carboxylic acids is 1. The molecule has 0 heterocycles. The number of nitrogens with zero attached hydrogens (tertiary/aromatic N) is 1. The van der Waals surface area contributed by atoms with Crippen LogP contribution in [0, 0.1) is 0 Å². The number of ether oxygens (including phenoxy) is 1. The molecule has 1 amide bonds. The van der Waals surface area contributed by atoms with Crippen LogP contribution in [-0.4, -0.2) is 26.1 Å². The number of hydrogen-bond donors (Lipinski definition) is 1. The Morgan fingerprint density at radius 3 is 2.62 bits per heavy atom. The van der Waals surface area contributed by atoms with Crippen molar-refractivity contribution in [1.82, 2.24) is 0 Å². The van der Waals surface area contributed by atoms with Crippen molar-refractivity contribution in [3.05, 3.63) is 23.8 Å². The first-order chi connectivity index (χ1) is 7.58. The second-order valence-electron chi connectivity index (χ2n) is 4.26. The fourth-order valence-corrected chi connectivity index (χ4v) is 1.50. The van der Waals surface area contributed by atoms with E-state index in [0.717, 1.165) is 24.3 Å². The van der Waals surface area contributed by atoms with Gasteiger partial charge in [-0.1, -0.05) is 0 Å². The second-order valence-corrected chi connectivity index (χ2v) is 4.26. The van der Waals surface area contributed by atoms with Crippen LogP contribution in [0.1, 0.15) is 23.2 Å². The van der Waals surface area contributed by atoms with Crippen LogP contribution in [0.4, 0.5) is 5.69 Å². The summed E-state index contributed by atoms with van der Waals surface area (Å²) in [4.78, 5) is 13.0. The molecule has 0 saturated heterocycles. The monoisotopic (exact) mass is 220 g/mol. The van der Waals surface area contributed by atoms with Crippen molar-refractivity contribution in [3.8, 4) is 5.75 Å². The summed E-state index contributed by atoms with van der Waals surface area (Å²) in [6, 6.07) is 5.30. The first-order valence-corrected chi connectivity index (χ1v) is 5.36. The largest absolute Gasteiger partial charge is 0.488 e. The topological polar surface area (TPSA) is 55.6 Å². The minimum atomic E-state index is -0.425. The number of hydrogen-bond acceptors (Lipinski definition) is 3. The first-order valence-electron chi connectivity index (χ1n) is 5.36. The predicted octanol–water partition coefficient (Wildman–Crippen LogP) is 1.39. The van der Waals surface area contributed by atoms with E-state index >= 15 is 0 Å². The molecule has 0 unspecified atom stereocenters. The van der Waals surface area contributed by atoms with E-state index in [9.17, 15) is 4.79 Å². The van der Waals surface area contributed by atoms with Gasteiger partial charge in [0.05, 0.1) is 11.8 Å².